The van der Waals surface area contributed by atoms with Crippen LogP contribution in [-0.4, -0.2) is 29.7 Å². The third-order valence-electron chi connectivity index (χ3n) is 7.97. The molecule has 0 radical (unpaired) electrons. The summed E-state index contributed by atoms with van der Waals surface area (Å²) in [5.41, 5.74) is 2.89. The summed E-state index contributed by atoms with van der Waals surface area (Å²) in [7, 11) is 0. The van der Waals surface area contributed by atoms with Gasteiger partial charge in [0.05, 0.1) is 29.4 Å². The number of amides is 1. The number of ether oxygens (including phenoxy) is 2. The van der Waals surface area contributed by atoms with E-state index in [1.165, 1.54) is 11.8 Å². The quantitative estimate of drug-likeness (QED) is 0.193. The smallest absolute Gasteiger partial charge is 0.416 e. The average molecular weight is 621 g/mol. The van der Waals surface area contributed by atoms with Crippen molar-refractivity contribution in [3.63, 3.8) is 0 Å². The molecule has 1 saturated heterocycles. The first-order chi connectivity index (χ1) is 20.7. The van der Waals surface area contributed by atoms with Crippen LogP contribution in [0.5, 0.6) is 0 Å². The van der Waals surface area contributed by atoms with Crippen molar-refractivity contribution in [3.8, 4) is 0 Å². The molecule has 2 N–H and O–H groups in total. The highest BCUT2D eigenvalue weighted by molar-refractivity contribution is 5.70. The number of nitrogens with two attached hydrogens (primary N) is 1. The zero-order chi connectivity index (χ0) is 32.2. The third-order valence-corrected chi connectivity index (χ3v) is 7.97. The number of piperidine rings is 1. The van der Waals surface area contributed by atoms with Crippen LogP contribution < -0.4 is 5.73 Å². The zero-order valence-electron chi connectivity index (χ0n) is 24.1. The Morgan fingerprint density at radius 3 is 2.07 bits per heavy atom. The standard InChI is InChI=1S/C33H34F6N2O3/c1-3-14-30(40)15-16-31(26-12-8-5-9-13-26,41(21-30)29(42)43-20-24-10-6-4-7-11-24)22-44-23(2)25-17-27(32(34,35)36)19-28(18-25)33(37,38)39/h3-13,17-19,23H,1,14-16,20-22,40H2,2H3/t23-,30+,31-/m1/s1. The van der Waals surface area contributed by atoms with Crippen molar-refractivity contribution in [1.29, 1.82) is 0 Å². The number of halogens is 6. The molecule has 44 heavy (non-hydrogen) atoms. The van der Waals surface area contributed by atoms with Gasteiger partial charge < -0.3 is 15.2 Å². The van der Waals surface area contributed by atoms with Gasteiger partial charge in [-0.2, -0.15) is 26.3 Å². The fraction of sp³-hybridized carbons (Fsp3) is 0.364. The molecule has 0 spiro atoms. The molecule has 1 heterocycles. The Balaban J connectivity index is 1.71. The number of carbonyl (C=O) groups is 1. The Hall–Kier alpha value is -3.83. The van der Waals surface area contributed by atoms with Crippen LogP contribution >= 0.6 is 0 Å². The van der Waals surface area contributed by atoms with Crippen LogP contribution in [0.2, 0.25) is 0 Å². The van der Waals surface area contributed by atoms with E-state index in [1.54, 1.807) is 60.7 Å². The molecule has 236 valence electrons. The van der Waals surface area contributed by atoms with Gasteiger partial charge in [-0.05, 0) is 61.1 Å². The summed E-state index contributed by atoms with van der Waals surface area (Å²) in [4.78, 5) is 15.3. The average Bonchev–Trinajstić information content (AvgIpc) is 2.99. The summed E-state index contributed by atoms with van der Waals surface area (Å²) in [5.74, 6) is 0. The van der Waals surface area contributed by atoms with E-state index in [1.807, 2.05) is 6.07 Å². The molecule has 0 bridgehead atoms. The van der Waals surface area contributed by atoms with Gasteiger partial charge in [-0.15, -0.1) is 6.58 Å². The minimum absolute atomic E-state index is 0.0260. The van der Waals surface area contributed by atoms with Gasteiger partial charge in [0.15, 0.2) is 0 Å². The van der Waals surface area contributed by atoms with Crippen molar-refractivity contribution in [2.75, 3.05) is 13.2 Å². The highest BCUT2D eigenvalue weighted by Gasteiger charge is 2.50. The highest BCUT2D eigenvalue weighted by Crippen LogP contribution is 2.44. The molecule has 4 rings (SSSR count). The first-order valence-electron chi connectivity index (χ1n) is 14.0. The Morgan fingerprint density at radius 1 is 0.955 bits per heavy atom. The zero-order valence-corrected chi connectivity index (χ0v) is 24.1. The lowest BCUT2D eigenvalue weighted by Gasteiger charge is -2.52. The van der Waals surface area contributed by atoms with E-state index in [9.17, 15) is 31.1 Å². The second kappa shape index (κ2) is 13.0. The molecule has 1 aliphatic rings. The number of nitrogens with zero attached hydrogens (tertiary/aromatic N) is 1. The maximum Gasteiger partial charge on any atom is 0.416 e. The fourth-order valence-corrected chi connectivity index (χ4v) is 5.48. The van der Waals surface area contributed by atoms with Gasteiger partial charge in [-0.1, -0.05) is 66.7 Å². The molecule has 0 saturated carbocycles. The molecule has 11 heteroatoms. The molecule has 0 aliphatic carbocycles. The number of carbonyl (C=O) groups excluding carboxylic acids is 1. The lowest BCUT2D eigenvalue weighted by Crippen LogP contribution is -2.64. The monoisotopic (exact) mass is 620 g/mol. The molecule has 5 nitrogen and oxygen atoms in total. The normalized spacial score (nSPS) is 21.5. The molecule has 1 fully saturated rings. The molecule has 1 aliphatic heterocycles. The molecule has 1 amide bonds. The Bertz CT molecular complexity index is 1400. The van der Waals surface area contributed by atoms with Crippen LogP contribution in [0.15, 0.2) is 91.5 Å². The number of hydrogen-bond acceptors (Lipinski definition) is 4. The summed E-state index contributed by atoms with van der Waals surface area (Å²) >= 11 is 0. The van der Waals surface area contributed by atoms with Crippen molar-refractivity contribution >= 4 is 6.09 Å². The van der Waals surface area contributed by atoms with Crippen molar-refractivity contribution in [2.24, 2.45) is 5.73 Å². The molecule has 3 aromatic rings. The topological polar surface area (TPSA) is 64.8 Å². The SMILES string of the molecule is C=CC[C@]1(N)CC[C@@](CO[C@H](C)c2cc(C(F)(F)F)cc(C(F)(F)F)c2)(c2ccccc2)N(C(=O)OCc2ccccc2)C1. The fourth-order valence-electron chi connectivity index (χ4n) is 5.48. The van der Waals surface area contributed by atoms with Crippen molar-refractivity contribution in [2.45, 2.75) is 62.3 Å². The van der Waals surface area contributed by atoms with Gasteiger partial charge in [-0.25, -0.2) is 4.79 Å². The van der Waals surface area contributed by atoms with Crippen molar-refractivity contribution in [1.82, 2.24) is 4.90 Å². The molecular weight excluding hydrogens is 586 g/mol. The van der Waals surface area contributed by atoms with E-state index in [2.05, 4.69) is 6.58 Å². The van der Waals surface area contributed by atoms with Crippen LogP contribution in [0.4, 0.5) is 31.1 Å². The lowest BCUT2D eigenvalue weighted by atomic mass is 9.74. The minimum atomic E-state index is -5.00. The van der Waals surface area contributed by atoms with Gasteiger partial charge in [0.25, 0.3) is 0 Å². The Morgan fingerprint density at radius 2 is 1.52 bits per heavy atom. The van der Waals surface area contributed by atoms with Crippen LogP contribution in [0, 0.1) is 0 Å². The van der Waals surface area contributed by atoms with Crippen molar-refractivity contribution in [3.05, 3.63) is 119 Å². The molecule has 3 atom stereocenters. The summed E-state index contributed by atoms with van der Waals surface area (Å²) in [6, 6.07) is 19.3. The molecule has 0 aromatic heterocycles. The molecule has 3 aromatic carbocycles. The van der Waals surface area contributed by atoms with E-state index in [0.717, 1.165) is 5.56 Å². The summed E-state index contributed by atoms with van der Waals surface area (Å²) in [6.07, 6.45) is -9.13. The first kappa shape index (κ1) is 33.1. The lowest BCUT2D eigenvalue weighted by molar-refractivity contribution is -0.143. The second-order valence-corrected chi connectivity index (χ2v) is 11.2. The largest absolute Gasteiger partial charge is 0.445 e. The number of hydrogen-bond donors (Lipinski definition) is 1. The van der Waals surface area contributed by atoms with Crippen LogP contribution in [0.3, 0.4) is 0 Å². The van der Waals surface area contributed by atoms with Crippen LogP contribution in [-0.2, 0) is 34.0 Å². The molecule has 0 unspecified atom stereocenters. The number of benzene rings is 3. The van der Waals surface area contributed by atoms with Gasteiger partial charge in [-0.3, -0.25) is 4.90 Å². The van der Waals surface area contributed by atoms with Gasteiger partial charge >= 0.3 is 18.4 Å². The molecular formula is C33H34F6N2O3. The number of alkyl halides is 6. The van der Waals surface area contributed by atoms with Crippen LogP contribution in [0.1, 0.15) is 60.1 Å². The summed E-state index contributed by atoms with van der Waals surface area (Å²) < 4.78 is 93.1. The van der Waals surface area contributed by atoms with E-state index in [-0.39, 0.29) is 37.8 Å². The van der Waals surface area contributed by atoms with E-state index in [0.29, 0.717) is 30.5 Å². The van der Waals surface area contributed by atoms with E-state index in [4.69, 9.17) is 15.2 Å². The Kier molecular flexibility index (Phi) is 9.80. The summed E-state index contributed by atoms with van der Waals surface area (Å²) in [5, 5.41) is 0. The number of rotatable bonds is 9. The summed E-state index contributed by atoms with van der Waals surface area (Å²) in [6.45, 7) is 4.92. The predicted molar refractivity (Wildman–Crippen MR) is 153 cm³/mol. The third kappa shape index (κ3) is 7.62. The predicted octanol–water partition coefficient (Wildman–Crippen LogP) is 8.40. The maximum absolute atomic E-state index is 13.8. The van der Waals surface area contributed by atoms with Gasteiger partial charge in [0, 0.05) is 12.1 Å². The van der Waals surface area contributed by atoms with E-state index >= 15 is 0 Å². The second-order valence-electron chi connectivity index (χ2n) is 11.2. The van der Waals surface area contributed by atoms with E-state index < -0.39 is 46.8 Å². The highest BCUT2D eigenvalue weighted by atomic mass is 19.4. The van der Waals surface area contributed by atoms with Crippen molar-refractivity contribution < 1.29 is 40.6 Å². The minimum Gasteiger partial charge on any atom is -0.445 e. The van der Waals surface area contributed by atoms with Crippen LogP contribution in [0.25, 0.3) is 0 Å². The van der Waals surface area contributed by atoms with Gasteiger partial charge in [0.1, 0.15) is 6.61 Å². The Labute approximate surface area is 252 Å². The number of likely N-dealkylation sites (tertiary alicyclic amines) is 1. The van der Waals surface area contributed by atoms with Gasteiger partial charge in [0.2, 0.25) is 0 Å². The maximum atomic E-state index is 13.8. The first-order valence-corrected chi connectivity index (χ1v) is 14.0.